The Kier molecular flexibility index (Phi) is 6.16. The van der Waals surface area contributed by atoms with Crippen molar-refractivity contribution in [1.82, 2.24) is 15.2 Å². The first kappa shape index (κ1) is 17.2. The summed E-state index contributed by atoms with van der Waals surface area (Å²) in [6, 6.07) is 0. The van der Waals surface area contributed by atoms with Gasteiger partial charge in [-0.25, -0.2) is 4.98 Å². The predicted molar refractivity (Wildman–Crippen MR) is 86.9 cm³/mol. The third-order valence-corrected chi connectivity index (χ3v) is 5.19. The number of primary amides is 1. The molecule has 0 spiro atoms. The van der Waals surface area contributed by atoms with Crippen molar-refractivity contribution in [3.05, 3.63) is 15.0 Å². The minimum atomic E-state index is -0.350. The molecule has 6 nitrogen and oxygen atoms in total. The highest BCUT2D eigenvalue weighted by atomic mass is 35.5. The number of aryl methyl sites for hydroxylation is 1. The maximum atomic E-state index is 12.2. The topological polar surface area (TPSA) is 88.3 Å². The van der Waals surface area contributed by atoms with E-state index in [2.05, 4.69) is 10.3 Å². The Bertz CT molecular complexity index is 529. The molecule has 1 aliphatic heterocycles. The molecule has 8 heteroatoms. The standard InChI is InChI=1S/C14H21ClN4O2S/c1-9-13(15)22-12(18-9)4-5-17-14(21)10-3-2-6-19(7-10)8-11(16)20/h10H,2-8H2,1H3,(H2,16,20)(H,17,21)/t10-/m0/s1. The van der Waals surface area contributed by atoms with E-state index in [1.54, 1.807) is 0 Å². The first-order valence-corrected chi connectivity index (χ1v) is 8.55. The van der Waals surface area contributed by atoms with Gasteiger partial charge in [0.1, 0.15) is 4.34 Å². The summed E-state index contributed by atoms with van der Waals surface area (Å²) in [5, 5.41) is 3.88. The first-order chi connectivity index (χ1) is 10.5. The van der Waals surface area contributed by atoms with Gasteiger partial charge in [0.25, 0.3) is 0 Å². The van der Waals surface area contributed by atoms with Gasteiger partial charge < -0.3 is 11.1 Å². The summed E-state index contributed by atoms with van der Waals surface area (Å²) >= 11 is 7.43. The second-order valence-electron chi connectivity index (χ2n) is 5.55. The summed E-state index contributed by atoms with van der Waals surface area (Å²) in [6.45, 7) is 4.06. The van der Waals surface area contributed by atoms with E-state index in [-0.39, 0.29) is 24.3 Å². The van der Waals surface area contributed by atoms with Crippen molar-refractivity contribution < 1.29 is 9.59 Å². The molecule has 0 saturated carbocycles. The number of aromatic nitrogens is 1. The van der Waals surface area contributed by atoms with Crippen LogP contribution in [0.1, 0.15) is 23.5 Å². The molecule has 0 radical (unpaired) electrons. The number of amides is 2. The van der Waals surface area contributed by atoms with Crippen LogP contribution in [-0.2, 0) is 16.0 Å². The molecule has 122 valence electrons. The fraction of sp³-hybridized carbons (Fsp3) is 0.643. The Morgan fingerprint density at radius 1 is 1.55 bits per heavy atom. The Morgan fingerprint density at radius 2 is 2.32 bits per heavy atom. The summed E-state index contributed by atoms with van der Waals surface area (Å²) < 4.78 is 0.704. The molecular formula is C14H21ClN4O2S. The van der Waals surface area contributed by atoms with Crippen LogP contribution in [0.2, 0.25) is 4.34 Å². The average Bonchev–Trinajstić information content (AvgIpc) is 2.77. The molecule has 0 unspecified atom stereocenters. The summed E-state index contributed by atoms with van der Waals surface area (Å²) in [7, 11) is 0. The lowest BCUT2D eigenvalue weighted by atomic mass is 9.97. The van der Waals surface area contributed by atoms with Gasteiger partial charge in [0, 0.05) is 19.5 Å². The van der Waals surface area contributed by atoms with Crippen molar-refractivity contribution in [2.75, 3.05) is 26.2 Å². The van der Waals surface area contributed by atoms with Gasteiger partial charge in [0.05, 0.1) is 23.2 Å². The van der Waals surface area contributed by atoms with Gasteiger partial charge in [0.15, 0.2) is 0 Å². The molecule has 1 aromatic rings. The minimum absolute atomic E-state index is 0.0357. The van der Waals surface area contributed by atoms with Crippen LogP contribution in [0.3, 0.4) is 0 Å². The highest BCUT2D eigenvalue weighted by molar-refractivity contribution is 7.16. The number of rotatable bonds is 6. The largest absolute Gasteiger partial charge is 0.369 e. The minimum Gasteiger partial charge on any atom is -0.369 e. The van der Waals surface area contributed by atoms with E-state index in [4.69, 9.17) is 17.3 Å². The normalized spacial score (nSPS) is 19.1. The molecule has 3 N–H and O–H groups in total. The second-order valence-corrected chi connectivity index (χ2v) is 7.23. The molecule has 0 aliphatic carbocycles. The number of nitrogens with one attached hydrogen (secondary N) is 1. The highest BCUT2D eigenvalue weighted by Crippen LogP contribution is 2.23. The van der Waals surface area contributed by atoms with Gasteiger partial charge in [-0.15, -0.1) is 11.3 Å². The lowest BCUT2D eigenvalue weighted by molar-refractivity contribution is -0.128. The van der Waals surface area contributed by atoms with E-state index in [0.717, 1.165) is 30.1 Å². The third-order valence-electron chi connectivity index (χ3n) is 3.68. The monoisotopic (exact) mass is 344 g/mol. The summed E-state index contributed by atoms with van der Waals surface area (Å²) in [5.41, 5.74) is 6.04. The zero-order chi connectivity index (χ0) is 16.1. The molecular weight excluding hydrogens is 324 g/mol. The third kappa shape index (κ3) is 4.93. The molecule has 1 aromatic heterocycles. The van der Waals surface area contributed by atoms with Crippen LogP contribution < -0.4 is 11.1 Å². The molecule has 0 bridgehead atoms. The number of likely N-dealkylation sites (tertiary alicyclic amines) is 1. The number of piperidine rings is 1. The van der Waals surface area contributed by atoms with E-state index >= 15 is 0 Å². The van der Waals surface area contributed by atoms with Crippen LogP contribution in [-0.4, -0.2) is 47.9 Å². The number of nitrogens with two attached hydrogens (primary N) is 1. The van der Waals surface area contributed by atoms with Crippen molar-refractivity contribution in [1.29, 1.82) is 0 Å². The second kappa shape index (κ2) is 7.89. The fourth-order valence-electron chi connectivity index (χ4n) is 2.61. The lowest BCUT2D eigenvalue weighted by Crippen LogP contribution is -2.46. The van der Waals surface area contributed by atoms with Crippen LogP contribution >= 0.6 is 22.9 Å². The highest BCUT2D eigenvalue weighted by Gasteiger charge is 2.26. The molecule has 1 atom stereocenters. The number of carbonyl (C=O) groups is 2. The van der Waals surface area contributed by atoms with Crippen molar-refractivity contribution >= 4 is 34.8 Å². The van der Waals surface area contributed by atoms with Crippen molar-refractivity contribution in [2.24, 2.45) is 11.7 Å². The molecule has 2 amide bonds. The van der Waals surface area contributed by atoms with Crippen molar-refractivity contribution in [2.45, 2.75) is 26.2 Å². The van der Waals surface area contributed by atoms with E-state index in [1.165, 1.54) is 11.3 Å². The number of carbonyl (C=O) groups excluding carboxylic acids is 2. The molecule has 2 heterocycles. The van der Waals surface area contributed by atoms with E-state index in [9.17, 15) is 9.59 Å². The Hall–Kier alpha value is -1.18. The molecule has 2 rings (SSSR count). The van der Waals surface area contributed by atoms with Crippen molar-refractivity contribution in [3.8, 4) is 0 Å². The van der Waals surface area contributed by atoms with Gasteiger partial charge in [-0.1, -0.05) is 11.6 Å². The number of thiazole rings is 1. The first-order valence-electron chi connectivity index (χ1n) is 7.36. The summed E-state index contributed by atoms with van der Waals surface area (Å²) in [5.74, 6) is -0.389. The summed E-state index contributed by atoms with van der Waals surface area (Å²) in [4.78, 5) is 29.4. The van der Waals surface area contributed by atoms with Crippen LogP contribution in [0.4, 0.5) is 0 Å². The molecule has 0 aromatic carbocycles. The van der Waals surface area contributed by atoms with E-state index in [1.807, 2.05) is 11.8 Å². The Morgan fingerprint density at radius 3 is 2.95 bits per heavy atom. The number of halogens is 1. The van der Waals surface area contributed by atoms with Crippen LogP contribution in [0.5, 0.6) is 0 Å². The fourth-order valence-corrected chi connectivity index (χ4v) is 3.70. The van der Waals surface area contributed by atoms with Crippen LogP contribution in [0.25, 0.3) is 0 Å². The van der Waals surface area contributed by atoms with Gasteiger partial charge in [0.2, 0.25) is 11.8 Å². The Balaban J connectivity index is 1.75. The van der Waals surface area contributed by atoms with Gasteiger partial charge in [-0.2, -0.15) is 0 Å². The average molecular weight is 345 g/mol. The quantitative estimate of drug-likeness (QED) is 0.804. The van der Waals surface area contributed by atoms with Crippen molar-refractivity contribution in [3.63, 3.8) is 0 Å². The van der Waals surface area contributed by atoms with Gasteiger partial charge in [-0.3, -0.25) is 14.5 Å². The maximum absolute atomic E-state index is 12.2. The van der Waals surface area contributed by atoms with Gasteiger partial charge in [-0.05, 0) is 26.3 Å². The van der Waals surface area contributed by atoms with Crippen LogP contribution in [0.15, 0.2) is 0 Å². The number of hydrogen-bond donors (Lipinski definition) is 2. The maximum Gasteiger partial charge on any atom is 0.231 e. The number of nitrogens with zero attached hydrogens (tertiary/aromatic N) is 2. The predicted octanol–water partition coefficient (Wildman–Crippen LogP) is 0.961. The lowest BCUT2D eigenvalue weighted by Gasteiger charge is -2.30. The number of hydrogen-bond acceptors (Lipinski definition) is 5. The molecule has 1 fully saturated rings. The van der Waals surface area contributed by atoms with Crippen LogP contribution in [0, 0.1) is 12.8 Å². The molecule has 1 saturated heterocycles. The SMILES string of the molecule is Cc1nc(CCNC(=O)[C@H]2CCCN(CC(N)=O)C2)sc1Cl. The zero-order valence-corrected chi connectivity index (χ0v) is 14.2. The van der Waals surface area contributed by atoms with E-state index < -0.39 is 0 Å². The van der Waals surface area contributed by atoms with E-state index in [0.29, 0.717) is 23.8 Å². The zero-order valence-electron chi connectivity index (χ0n) is 12.6. The molecule has 22 heavy (non-hydrogen) atoms. The molecule has 1 aliphatic rings. The summed E-state index contributed by atoms with van der Waals surface area (Å²) in [6.07, 6.45) is 2.44. The smallest absolute Gasteiger partial charge is 0.231 e. The van der Waals surface area contributed by atoms with Gasteiger partial charge >= 0.3 is 0 Å². The Labute approximate surface area is 139 Å².